The fourth-order valence-corrected chi connectivity index (χ4v) is 2.56. The van der Waals surface area contributed by atoms with Crippen LogP contribution in [0.4, 0.5) is 4.39 Å². The standard InChI is InChI=1S/C9H10Cl2FNO2S/c10-3-4-16(14,15)13-6-7-1-2-9(12)8(11)5-7/h1-2,5,13H,3-4,6H2. The number of nitrogens with one attached hydrogen (secondary N) is 1. The number of benzene rings is 1. The van der Waals surface area contributed by atoms with Crippen molar-refractivity contribution in [3.05, 3.63) is 34.6 Å². The molecule has 0 saturated carbocycles. The van der Waals surface area contributed by atoms with E-state index >= 15 is 0 Å². The van der Waals surface area contributed by atoms with Crippen LogP contribution < -0.4 is 4.72 Å². The number of rotatable bonds is 5. The summed E-state index contributed by atoms with van der Waals surface area (Å²) in [6.45, 7) is 0.0687. The van der Waals surface area contributed by atoms with E-state index in [4.69, 9.17) is 23.2 Å². The first-order valence-electron chi connectivity index (χ1n) is 4.42. The summed E-state index contributed by atoms with van der Waals surface area (Å²) in [5.41, 5.74) is 0.588. The van der Waals surface area contributed by atoms with E-state index in [0.29, 0.717) is 5.56 Å². The van der Waals surface area contributed by atoms with Gasteiger partial charge in [-0.2, -0.15) is 0 Å². The Hall–Kier alpha value is -0.360. The van der Waals surface area contributed by atoms with Gasteiger partial charge in [-0.15, -0.1) is 11.6 Å². The highest BCUT2D eigenvalue weighted by Gasteiger charge is 2.09. The minimum Gasteiger partial charge on any atom is -0.212 e. The van der Waals surface area contributed by atoms with Gasteiger partial charge in [-0.05, 0) is 17.7 Å². The first-order valence-corrected chi connectivity index (χ1v) is 6.98. The molecule has 0 fully saturated rings. The molecule has 0 aliphatic heterocycles. The third kappa shape index (κ3) is 4.25. The van der Waals surface area contributed by atoms with Crippen LogP contribution in [0.5, 0.6) is 0 Å². The van der Waals surface area contributed by atoms with Crippen molar-refractivity contribution in [1.82, 2.24) is 4.72 Å². The van der Waals surface area contributed by atoms with Crippen LogP contribution in [0.15, 0.2) is 18.2 Å². The first kappa shape index (κ1) is 13.7. The smallest absolute Gasteiger partial charge is 0.212 e. The molecule has 0 aromatic heterocycles. The molecule has 3 nitrogen and oxygen atoms in total. The Bertz CT molecular complexity index is 465. The van der Waals surface area contributed by atoms with Crippen molar-refractivity contribution in [2.45, 2.75) is 6.54 Å². The van der Waals surface area contributed by atoms with Crippen LogP contribution in [0.25, 0.3) is 0 Å². The van der Waals surface area contributed by atoms with Crippen LogP contribution in [0.3, 0.4) is 0 Å². The molecule has 0 saturated heterocycles. The van der Waals surface area contributed by atoms with Crippen molar-refractivity contribution in [1.29, 1.82) is 0 Å². The summed E-state index contributed by atoms with van der Waals surface area (Å²) in [4.78, 5) is 0. The monoisotopic (exact) mass is 285 g/mol. The Morgan fingerprint density at radius 1 is 1.38 bits per heavy atom. The number of sulfonamides is 1. The zero-order chi connectivity index (χ0) is 12.2. The normalized spacial score (nSPS) is 11.7. The highest BCUT2D eigenvalue weighted by atomic mass is 35.5. The Balaban J connectivity index is 2.65. The fraction of sp³-hybridized carbons (Fsp3) is 0.333. The first-order chi connectivity index (χ1) is 7.44. The minimum atomic E-state index is -3.37. The van der Waals surface area contributed by atoms with Crippen LogP contribution in [-0.4, -0.2) is 20.1 Å². The van der Waals surface area contributed by atoms with Gasteiger partial charge in [0.15, 0.2) is 0 Å². The molecule has 1 N–H and O–H groups in total. The third-order valence-corrected chi connectivity index (χ3v) is 3.85. The summed E-state index contributed by atoms with van der Waals surface area (Å²) in [7, 11) is -3.37. The number of halogens is 3. The van der Waals surface area contributed by atoms with Gasteiger partial charge in [0.25, 0.3) is 0 Å². The summed E-state index contributed by atoms with van der Waals surface area (Å²) in [6.07, 6.45) is 0. The summed E-state index contributed by atoms with van der Waals surface area (Å²) >= 11 is 10.9. The zero-order valence-corrected chi connectivity index (χ0v) is 10.5. The van der Waals surface area contributed by atoms with Crippen molar-refractivity contribution in [3.8, 4) is 0 Å². The van der Waals surface area contributed by atoms with Gasteiger partial charge < -0.3 is 0 Å². The largest absolute Gasteiger partial charge is 0.213 e. The van der Waals surface area contributed by atoms with Gasteiger partial charge in [0.1, 0.15) is 5.82 Å². The minimum absolute atomic E-state index is 0.0273. The highest BCUT2D eigenvalue weighted by Crippen LogP contribution is 2.15. The van der Waals surface area contributed by atoms with E-state index in [1.54, 1.807) is 0 Å². The molecule has 0 aliphatic rings. The van der Waals surface area contributed by atoms with E-state index in [1.807, 2.05) is 0 Å². The van der Waals surface area contributed by atoms with Crippen LogP contribution in [0.1, 0.15) is 5.56 Å². The van der Waals surface area contributed by atoms with Gasteiger partial charge in [0, 0.05) is 12.4 Å². The van der Waals surface area contributed by atoms with E-state index in [-0.39, 0.29) is 23.2 Å². The molecule has 0 spiro atoms. The Kier molecular flexibility index (Phi) is 4.98. The van der Waals surface area contributed by atoms with Crippen LogP contribution >= 0.6 is 23.2 Å². The average Bonchev–Trinajstić information content (AvgIpc) is 2.20. The SMILES string of the molecule is O=S(=O)(CCCl)NCc1ccc(F)c(Cl)c1. The van der Waals surface area contributed by atoms with Crippen molar-refractivity contribution in [2.75, 3.05) is 11.6 Å². The molecule has 0 heterocycles. The van der Waals surface area contributed by atoms with E-state index in [0.717, 1.165) is 0 Å². The quantitative estimate of drug-likeness (QED) is 0.843. The summed E-state index contributed by atoms with van der Waals surface area (Å²) in [5, 5.41) is -0.0333. The molecule has 1 aromatic carbocycles. The second kappa shape index (κ2) is 5.82. The summed E-state index contributed by atoms with van der Waals surface area (Å²) in [6, 6.07) is 4.03. The van der Waals surface area contributed by atoms with Crippen molar-refractivity contribution in [3.63, 3.8) is 0 Å². The molecule has 7 heteroatoms. The third-order valence-electron chi connectivity index (χ3n) is 1.83. The maximum atomic E-state index is 12.8. The Morgan fingerprint density at radius 2 is 2.06 bits per heavy atom. The predicted molar refractivity (Wildman–Crippen MR) is 62.8 cm³/mol. The molecular weight excluding hydrogens is 276 g/mol. The van der Waals surface area contributed by atoms with Gasteiger partial charge in [-0.3, -0.25) is 0 Å². The van der Waals surface area contributed by atoms with E-state index in [2.05, 4.69) is 4.72 Å². The molecule has 0 unspecified atom stereocenters. The molecule has 0 radical (unpaired) electrons. The molecule has 16 heavy (non-hydrogen) atoms. The lowest BCUT2D eigenvalue weighted by Crippen LogP contribution is -2.26. The zero-order valence-electron chi connectivity index (χ0n) is 8.21. The number of hydrogen-bond acceptors (Lipinski definition) is 2. The molecule has 0 bridgehead atoms. The lowest BCUT2D eigenvalue weighted by Gasteiger charge is -2.05. The van der Waals surface area contributed by atoms with E-state index < -0.39 is 15.8 Å². The average molecular weight is 286 g/mol. The number of alkyl halides is 1. The molecular formula is C9H10Cl2FNO2S. The lowest BCUT2D eigenvalue weighted by molar-refractivity contribution is 0.582. The molecule has 0 amide bonds. The molecule has 1 rings (SSSR count). The van der Waals surface area contributed by atoms with Gasteiger partial charge in [-0.25, -0.2) is 17.5 Å². The topological polar surface area (TPSA) is 46.2 Å². The molecule has 0 atom stereocenters. The number of hydrogen-bond donors (Lipinski definition) is 1. The second-order valence-electron chi connectivity index (χ2n) is 3.08. The predicted octanol–water partition coefficient (Wildman–Crippen LogP) is 2.14. The van der Waals surface area contributed by atoms with Crippen LogP contribution in [-0.2, 0) is 16.6 Å². The van der Waals surface area contributed by atoms with Gasteiger partial charge in [0.2, 0.25) is 10.0 Å². The van der Waals surface area contributed by atoms with E-state index in [1.165, 1.54) is 18.2 Å². The van der Waals surface area contributed by atoms with Crippen molar-refractivity contribution >= 4 is 33.2 Å². The molecule has 90 valence electrons. The van der Waals surface area contributed by atoms with Crippen LogP contribution in [0.2, 0.25) is 5.02 Å². The highest BCUT2D eigenvalue weighted by molar-refractivity contribution is 7.89. The molecule has 0 aliphatic carbocycles. The fourth-order valence-electron chi connectivity index (χ4n) is 1.02. The summed E-state index contributed by atoms with van der Waals surface area (Å²) in [5.74, 6) is -0.655. The van der Waals surface area contributed by atoms with Gasteiger partial charge in [-0.1, -0.05) is 17.7 Å². The van der Waals surface area contributed by atoms with Gasteiger partial charge in [0.05, 0.1) is 10.8 Å². The Morgan fingerprint density at radius 3 is 2.62 bits per heavy atom. The van der Waals surface area contributed by atoms with E-state index in [9.17, 15) is 12.8 Å². The maximum absolute atomic E-state index is 12.8. The summed E-state index contributed by atoms with van der Waals surface area (Å²) < 4.78 is 37.6. The lowest BCUT2D eigenvalue weighted by atomic mass is 10.2. The van der Waals surface area contributed by atoms with Gasteiger partial charge >= 0.3 is 0 Å². The second-order valence-corrected chi connectivity index (χ2v) is 5.79. The molecule has 1 aromatic rings. The van der Waals surface area contributed by atoms with Crippen molar-refractivity contribution in [2.24, 2.45) is 0 Å². The van der Waals surface area contributed by atoms with Crippen LogP contribution in [0, 0.1) is 5.82 Å². The van der Waals surface area contributed by atoms with Crippen molar-refractivity contribution < 1.29 is 12.8 Å². The maximum Gasteiger partial charge on any atom is 0.213 e. The Labute approximate surface area is 104 Å².